The van der Waals surface area contributed by atoms with Crippen LogP contribution in [0.3, 0.4) is 0 Å². The maximum absolute atomic E-state index is 12.3. The highest BCUT2D eigenvalue weighted by Gasteiger charge is 2.23. The van der Waals surface area contributed by atoms with Gasteiger partial charge in [0.25, 0.3) is 0 Å². The fourth-order valence-corrected chi connectivity index (χ4v) is 4.54. The van der Waals surface area contributed by atoms with Crippen molar-refractivity contribution in [3.8, 4) is 17.0 Å². The monoisotopic (exact) mass is 451 g/mol. The zero-order chi connectivity index (χ0) is 21.8. The third kappa shape index (κ3) is 4.50. The number of esters is 1. The van der Waals surface area contributed by atoms with E-state index in [1.165, 1.54) is 23.1 Å². The Morgan fingerprint density at radius 3 is 2.68 bits per heavy atom. The number of anilines is 1. The molecule has 0 aliphatic carbocycles. The maximum atomic E-state index is 12.3. The Morgan fingerprint density at radius 1 is 1.13 bits per heavy atom. The molecule has 0 saturated heterocycles. The van der Waals surface area contributed by atoms with Crippen molar-refractivity contribution in [1.29, 1.82) is 0 Å². The number of benzene rings is 2. The van der Waals surface area contributed by atoms with Crippen LogP contribution in [0, 0.1) is 0 Å². The zero-order valence-corrected chi connectivity index (χ0v) is 18.8. The SMILES string of the molecule is CCOC(=O)c1sc2nc(SC)nc(-c3cccc(OCc4ccccc4)c3)c2c1N. The smallest absolute Gasteiger partial charge is 0.350 e. The van der Waals surface area contributed by atoms with Gasteiger partial charge in [0.15, 0.2) is 5.16 Å². The van der Waals surface area contributed by atoms with Crippen LogP contribution in [0.25, 0.3) is 21.5 Å². The fourth-order valence-electron chi connectivity index (χ4n) is 3.12. The van der Waals surface area contributed by atoms with Gasteiger partial charge in [0, 0.05) is 5.56 Å². The molecule has 0 atom stereocenters. The van der Waals surface area contributed by atoms with Crippen molar-refractivity contribution in [2.24, 2.45) is 0 Å². The van der Waals surface area contributed by atoms with E-state index in [1.807, 2.05) is 60.9 Å². The van der Waals surface area contributed by atoms with Gasteiger partial charge in [-0.3, -0.25) is 0 Å². The molecule has 6 nitrogen and oxygen atoms in total. The van der Waals surface area contributed by atoms with Crippen LogP contribution in [0.4, 0.5) is 5.69 Å². The lowest BCUT2D eigenvalue weighted by Crippen LogP contribution is -2.05. The first-order chi connectivity index (χ1) is 15.1. The van der Waals surface area contributed by atoms with Crippen molar-refractivity contribution < 1.29 is 14.3 Å². The lowest BCUT2D eigenvalue weighted by molar-refractivity contribution is 0.0533. The molecule has 0 spiro atoms. The van der Waals surface area contributed by atoms with Crippen molar-refractivity contribution in [2.75, 3.05) is 18.6 Å². The number of nitrogens with zero attached hydrogens (tertiary/aromatic N) is 2. The summed E-state index contributed by atoms with van der Waals surface area (Å²) in [5.41, 5.74) is 9.31. The van der Waals surface area contributed by atoms with Crippen molar-refractivity contribution in [1.82, 2.24) is 9.97 Å². The summed E-state index contributed by atoms with van der Waals surface area (Å²) in [7, 11) is 0. The molecular weight excluding hydrogens is 430 g/mol. The molecule has 31 heavy (non-hydrogen) atoms. The predicted molar refractivity (Wildman–Crippen MR) is 126 cm³/mol. The van der Waals surface area contributed by atoms with Gasteiger partial charge in [-0.2, -0.15) is 0 Å². The normalized spacial score (nSPS) is 10.9. The van der Waals surface area contributed by atoms with Gasteiger partial charge in [-0.05, 0) is 30.9 Å². The number of thioether (sulfide) groups is 1. The van der Waals surface area contributed by atoms with Gasteiger partial charge in [-0.1, -0.05) is 54.2 Å². The standard InChI is InChI=1S/C23H21N3O3S2/c1-3-28-22(27)20-18(24)17-19(25-23(30-2)26-21(17)31-20)15-10-7-11-16(12-15)29-13-14-8-5-4-6-9-14/h4-12H,3,13,24H2,1-2H3. The molecule has 2 aromatic heterocycles. The Kier molecular flexibility index (Phi) is 6.39. The molecule has 8 heteroatoms. The van der Waals surface area contributed by atoms with E-state index in [1.54, 1.807) is 6.92 Å². The van der Waals surface area contributed by atoms with Gasteiger partial charge < -0.3 is 15.2 Å². The highest BCUT2D eigenvalue weighted by atomic mass is 32.2. The highest BCUT2D eigenvalue weighted by molar-refractivity contribution is 7.98. The highest BCUT2D eigenvalue weighted by Crippen LogP contribution is 2.40. The third-order valence-electron chi connectivity index (χ3n) is 4.57. The molecule has 0 aliphatic heterocycles. The number of carbonyl (C=O) groups is 1. The maximum Gasteiger partial charge on any atom is 0.350 e. The molecule has 0 saturated carbocycles. The molecule has 2 N–H and O–H groups in total. The number of fused-ring (bicyclic) bond motifs is 1. The molecule has 0 aliphatic rings. The Balaban J connectivity index is 1.75. The summed E-state index contributed by atoms with van der Waals surface area (Å²) >= 11 is 2.66. The first kappa shape index (κ1) is 21.1. The summed E-state index contributed by atoms with van der Waals surface area (Å²) in [5.74, 6) is 0.276. The van der Waals surface area contributed by atoms with E-state index in [0.717, 1.165) is 16.9 Å². The molecule has 0 bridgehead atoms. The minimum atomic E-state index is -0.445. The summed E-state index contributed by atoms with van der Waals surface area (Å²) in [4.78, 5) is 22.6. The molecule has 0 fully saturated rings. The van der Waals surface area contributed by atoms with Crippen molar-refractivity contribution in [3.05, 3.63) is 65.0 Å². The molecular formula is C23H21N3O3S2. The van der Waals surface area contributed by atoms with Gasteiger partial charge in [0.1, 0.15) is 22.1 Å². The Hall–Kier alpha value is -3.10. The van der Waals surface area contributed by atoms with Gasteiger partial charge in [-0.15, -0.1) is 11.3 Å². The minimum Gasteiger partial charge on any atom is -0.489 e. The van der Waals surface area contributed by atoms with Crippen molar-refractivity contribution in [2.45, 2.75) is 18.7 Å². The minimum absolute atomic E-state index is 0.280. The molecule has 0 unspecified atom stereocenters. The first-order valence-electron chi connectivity index (χ1n) is 9.69. The molecule has 0 amide bonds. The molecule has 158 valence electrons. The molecule has 0 radical (unpaired) electrons. The van der Waals surface area contributed by atoms with Gasteiger partial charge in [-0.25, -0.2) is 14.8 Å². The van der Waals surface area contributed by atoms with Gasteiger partial charge in [0.2, 0.25) is 0 Å². The number of rotatable bonds is 7. The second kappa shape index (κ2) is 9.36. The molecule has 2 heterocycles. The second-order valence-electron chi connectivity index (χ2n) is 6.61. The van der Waals surface area contributed by atoms with Crippen LogP contribution in [0.15, 0.2) is 59.8 Å². The number of ether oxygens (including phenoxy) is 2. The molecule has 4 rings (SSSR count). The summed E-state index contributed by atoms with van der Waals surface area (Å²) < 4.78 is 11.1. The quantitative estimate of drug-likeness (QED) is 0.228. The Labute approximate surface area is 188 Å². The largest absolute Gasteiger partial charge is 0.489 e. The van der Waals surface area contributed by atoms with Crippen LogP contribution < -0.4 is 10.5 Å². The van der Waals surface area contributed by atoms with Crippen LogP contribution in [0.5, 0.6) is 5.75 Å². The van der Waals surface area contributed by atoms with Crippen LogP contribution in [0.1, 0.15) is 22.2 Å². The van der Waals surface area contributed by atoms with Crippen LogP contribution >= 0.6 is 23.1 Å². The topological polar surface area (TPSA) is 87.3 Å². The number of nitrogens with two attached hydrogens (primary N) is 1. The number of thiophene rings is 1. The second-order valence-corrected chi connectivity index (χ2v) is 8.38. The van der Waals surface area contributed by atoms with Crippen LogP contribution in [0.2, 0.25) is 0 Å². The average molecular weight is 452 g/mol. The fraction of sp³-hybridized carbons (Fsp3) is 0.174. The predicted octanol–water partition coefficient (Wildman–Crippen LogP) is 5.42. The van der Waals surface area contributed by atoms with E-state index in [0.29, 0.717) is 38.2 Å². The molecule has 4 aromatic rings. The Bertz CT molecular complexity index is 1230. The first-order valence-corrected chi connectivity index (χ1v) is 11.7. The summed E-state index contributed by atoms with van der Waals surface area (Å²) in [6, 6.07) is 17.7. The lowest BCUT2D eigenvalue weighted by Gasteiger charge is -2.10. The lowest BCUT2D eigenvalue weighted by atomic mass is 10.1. The third-order valence-corrected chi connectivity index (χ3v) is 6.19. The average Bonchev–Trinajstić information content (AvgIpc) is 3.14. The van der Waals surface area contributed by atoms with Crippen LogP contribution in [-0.2, 0) is 11.3 Å². The van der Waals surface area contributed by atoms with Crippen molar-refractivity contribution >= 4 is 45.0 Å². The number of hydrogen-bond acceptors (Lipinski definition) is 8. The number of nitrogen functional groups attached to an aromatic ring is 1. The van der Waals surface area contributed by atoms with Crippen LogP contribution in [-0.4, -0.2) is 28.8 Å². The van der Waals surface area contributed by atoms with E-state index in [-0.39, 0.29) is 6.61 Å². The van der Waals surface area contributed by atoms with Gasteiger partial charge >= 0.3 is 5.97 Å². The summed E-state index contributed by atoms with van der Waals surface area (Å²) in [6.45, 7) is 2.51. The summed E-state index contributed by atoms with van der Waals surface area (Å²) in [5, 5.41) is 1.26. The summed E-state index contributed by atoms with van der Waals surface area (Å²) in [6.07, 6.45) is 1.91. The number of aromatic nitrogens is 2. The van der Waals surface area contributed by atoms with E-state index in [9.17, 15) is 4.79 Å². The van der Waals surface area contributed by atoms with Crippen molar-refractivity contribution in [3.63, 3.8) is 0 Å². The van der Waals surface area contributed by atoms with E-state index >= 15 is 0 Å². The van der Waals surface area contributed by atoms with Gasteiger partial charge in [0.05, 0.1) is 23.4 Å². The molecule has 2 aromatic carbocycles. The van der Waals surface area contributed by atoms with E-state index < -0.39 is 5.97 Å². The zero-order valence-electron chi connectivity index (χ0n) is 17.1. The Morgan fingerprint density at radius 2 is 1.94 bits per heavy atom. The van der Waals surface area contributed by atoms with E-state index in [4.69, 9.17) is 20.2 Å². The number of carbonyl (C=O) groups excluding carboxylic acids is 1. The van der Waals surface area contributed by atoms with E-state index in [2.05, 4.69) is 4.98 Å². The number of hydrogen-bond donors (Lipinski definition) is 1.